The van der Waals surface area contributed by atoms with Crippen molar-refractivity contribution >= 4 is 17.5 Å². The summed E-state index contributed by atoms with van der Waals surface area (Å²) >= 11 is 5.94. The summed E-state index contributed by atoms with van der Waals surface area (Å²) in [5.74, 6) is 2.37. The number of hydrogen-bond donors (Lipinski definition) is 1. The molecule has 2 fully saturated rings. The van der Waals surface area contributed by atoms with Crippen molar-refractivity contribution < 1.29 is 4.79 Å². The molecule has 28 heavy (non-hydrogen) atoms. The van der Waals surface area contributed by atoms with Crippen molar-refractivity contribution in [2.45, 2.75) is 63.8 Å². The molecule has 1 N–H and O–H groups in total. The Kier molecular flexibility index (Phi) is 5.73. The van der Waals surface area contributed by atoms with Gasteiger partial charge in [0, 0.05) is 29.0 Å². The minimum Gasteiger partial charge on any atom is -0.349 e. The minimum absolute atomic E-state index is 0.00318. The first kappa shape index (κ1) is 19.4. The van der Waals surface area contributed by atoms with E-state index in [9.17, 15) is 4.79 Å². The summed E-state index contributed by atoms with van der Waals surface area (Å²) in [7, 11) is 0. The highest BCUT2D eigenvalue weighted by atomic mass is 35.5. The summed E-state index contributed by atoms with van der Waals surface area (Å²) in [4.78, 5) is 17.2. The van der Waals surface area contributed by atoms with E-state index in [1.807, 2.05) is 6.20 Å². The standard InChI is InChI=1S/C24H29ClN2O/c1-3-23(27-24(28)17-6-8-21(25)9-7-17)22-12-18(10-15(22)2)20-11-19(13-26-14-20)16-4-5-16/h6-9,11,13-16,18,22-23H,3-5,10,12H2,1-2H3,(H,27,28)/t15-,18-,22+,23+/m0/s1. The van der Waals surface area contributed by atoms with Crippen LogP contribution in [-0.4, -0.2) is 16.9 Å². The molecule has 4 heteroatoms. The van der Waals surface area contributed by atoms with Crippen LogP contribution in [-0.2, 0) is 0 Å². The number of aromatic nitrogens is 1. The molecule has 1 amide bonds. The van der Waals surface area contributed by atoms with Gasteiger partial charge >= 0.3 is 0 Å². The molecule has 0 bridgehead atoms. The molecular formula is C24H29ClN2O. The Morgan fingerprint density at radius 3 is 2.46 bits per heavy atom. The van der Waals surface area contributed by atoms with Gasteiger partial charge in [0.2, 0.25) is 0 Å². The van der Waals surface area contributed by atoms with E-state index in [1.54, 1.807) is 24.3 Å². The summed E-state index contributed by atoms with van der Waals surface area (Å²) in [6.45, 7) is 4.50. The van der Waals surface area contributed by atoms with Gasteiger partial charge in [0.25, 0.3) is 5.91 Å². The van der Waals surface area contributed by atoms with Crippen LogP contribution in [0.25, 0.3) is 0 Å². The van der Waals surface area contributed by atoms with Crippen LogP contribution in [0, 0.1) is 11.8 Å². The van der Waals surface area contributed by atoms with Gasteiger partial charge in [-0.1, -0.05) is 31.5 Å². The van der Waals surface area contributed by atoms with Gasteiger partial charge in [-0.15, -0.1) is 0 Å². The second-order valence-corrected chi connectivity index (χ2v) is 9.07. The van der Waals surface area contributed by atoms with Crippen molar-refractivity contribution in [3.63, 3.8) is 0 Å². The predicted octanol–water partition coefficient (Wildman–Crippen LogP) is 5.95. The summed E-state index contributed by atoms with van der Waals surface area (Å²) in [6.07, 6.45) is 9.95. The first-order valence-electron chi connectivity index (χ1n) is 10.6. The van der Waals surface area contributed by atoms with E-state index in [4.69, 9.17) is 11.6 Å². The molecule has 0 radical (unpaired) electrons. The van der Waals surface area contributed by atoms with Gasteiger partial charge in [0.1, 0.15) is 0 Å². The molecule has 2 aliphatic carbocycles. The Hall–Kier alpha value is -1.87. The third kappa shape index (κ3) is 4.25. The van der Waals surface area contributed by atoms with E-state index >= 15 is 0 Å². The normalized spacial score (nSPS) is 25.5. The molecule has 3 nitrogen and oxygen atoms in total. The van der Waals surface area contributed by atoms with Crippen LogP contribution in [0.3, 0.4) is 0 Å². The van der Waals surface area contributed by atoms with Crippen LogP contribution in [0.15, 0.2) is 42.7 Å². The monoisotopic (exact) mass is 396 g/mol. The quantitative estimate of drug-likeness (QED) is 0.655. The zero-order valence-corrected chi connectivity index (χ0v) is 17.5. The minimum atomic E-state index is -0.00318. The van der Waals surface area contributed by atoms with Crippen LogP contribution in [0.2, 0.25) is 5.02 Å². The molecule has 2 aliphatic rings. The largest absolute Gasteiger partial charge is 0.349 e. The zero-order valence-electron chi connectivity index (χ0n) is 16.7. The fourth-order valence-corrected chi connectivity index (χ4v) is 4.94. The summed E-state index contributed by atoms with van der Waals surface area (Å²) in [5.41, 5.74) is 3.47. The van der Waals surface area contributed by atoms with Crippen LogP contribution in [0.5, 0.6) is 0 Å². The zero-order chi connectivity index (χ0) is 19.7. The number of carbonyl (C=O) groups is 1. The summed E-state index contributed by atoms with van der Waals surface area (Å²) in [6, 6.07) is 9.71. The molecule has 0 spiro atoms. The molecule has 2 aromatic rings. The number of carbonyl (C=O) groups excluding carboxylic acids is 1. The molecule has 0 aliphatic heterocycles. The molecule has 4 rings (SSSR count). The van der Waals surface area contributed by atoms with Crippen molar-refractivity contribution in [1.82, 2.24) is 10.3 Å². The Balaban J connectivity index is 1.44. The van der Waals surface area contributed by atoms with Crippen LogP contribution in [0.1, 0.15) is 79.3 Å². The molecule has 1 aromatic carbocycles. The number of benzene rings is 1. The maximum atomic E-state index is 12.7. The average Bonchev–Trinajstić information content (AvgIpc) is 3.49. The lowest BCUT2D eigenvalue weighted by atomic mass is 9.88. The highest BCUT2D eigenvalue weighted by molar-refractivity contribution is 6.30. The van der Waals surface area contributed by atoms with E-state index < -0.39 is 0 Å². The van der Waals surface area contributed by atoms with Crippen molar-refractivity contribution in [3.05, 3.63) is 64.4 Å². The SMILES string of the molecule is CC[C@@H](NC(=O)c1ccc(Cl)cc1)[C@@H]1C[C@@H](c2cncc(C3CC3)c2)C[C@@H]1C. The Morgan fingerprint density at radius 2 is 1.82 bits per heavy atom. The first-order chi connectivity index (χ1) is 13.5. The smallest absolute Gasteiger partial charge is 0.251 e. The predicted molar refractivity (Wildman–Crippen MR) is 114 cm³/mol. The number of hydrogen-bond acceptors (Lipinski definition) is 2. The van der Waals surface area contributed by atoms with Crippen LogP contribution in [0.4, 0.5) is 0 Å². The summed E-state index contributed by atoms with van der Waals surface area (Å²) < 4.78 is 0. The maximum Gasteiger partial charge on any atom is 0.251 e. The highest BCUT2D eigenvalue weighted by Crippen LogP contribution is 2.46. The average molecular weight is 397 g/mol. The topological polar surface area (TPSA) is 42.0 Å². The number of rotatable bonds is 6. The van der Waals surface area contributed by atoms with Crippen molar-refractivity contribution in [1.29, 1.82) is 0 Å². The Bertz CT molecular complexity index is 831. The van der Waals surface area contributed by atoms with Gasteiger partial charge < -0.3 is 5.32 Å². The van der Waals surface area contributed by atoms with E-state index in [1.165, 1.54) is 30.4 Å². The van der Waals surface area contributed by atoms with Crippen molar-refractivity contribution in [3.8, 4) is 0 Å². The second kappa shape index (κ2) is 8.24. The Labute approximate surface area is 172 Å². The number of nitrogens with one attached hydrogen (secondary N) is 1. The van der Waals surface area contributed by atoms with Crippen molar-refractivity contribution in [2.24, 2.45) is 11.8 Å². The van der Waals surface area contributed by atoms with Gasteiger partial charge in [-0.05, 0) is 91.2 Å². The first-order valence-corrected chi connectivity index (χ1v) is 10.9. The van der Waals surface area contributed by atoms with Gasteiger partial charge in [-0.25, -0.2) is 0 Å². The van der Waals surface area contributed by atoms with Gasteiger partial charge in [-0.3, -0.25) is 9.78 Å². The number of nitrogens with zero attached hydrogens (tertiary/aromatic N) is 1. The number of pyridine rings is 1. The lowest BCUT2D eigenvalue weighted by molar-refractivity contribution is 0.0913. The molecular weight excluding hydrogens is 368 g/mol. The molecule has 0 unspecified atom stereocenters. The van der Waals surface area contributed by atoms with E-state index in [0.717, 1.165) is 18.8 Å². The van der Waals surface area contributed by atoms with E-state index in [0.29, 0.717) is 28.3 Å². The maximum absolute atomic E-state index is 12.7. The van der Waals surface area contributed by atoms with Gasteiger partial charge in [0.15, 0.2) is 0 Å². The van der Waals surface area contributed by atoms with Crippen molar-refractivity contribution in [2.75, 3.05) is 0 Å². The van der Waals surface area contributed by atoms with Gasteiger partial charge in [-0.2, -0.15) is 0 Å². The third-order valence-corrected chi connectivity index (χ3v) is 6.88. The Morgan fingerprint density at radius 1 is 1.14 bits per heavy atom. The summed E-state index contributed by atoms with van der Waals surface area (Å²) in [5, 5.41) is 3.94. The van der Waals surface area contributed by atoms with E-state index in [-0.39, 0.29) is 11.9 Å². The lowest BCUT2D eigenvalue weighted by Gasteiger charge is -2.27. The molecule has 0 saturated heterocycles. The fraction of sp³-hybridized carbons (Fsp3) is 0.500. The number of halogens is 1. The molecule has 4 atom stereocenters. The van der Waals surface area contributed by atoms with Crippen LogP contribution < -0.4 is 5.32 Å². The molecule has 1 heterocycles. The number of amides is 1. The molecule has 148 valence electrons. The van der Waals surface area contributed by atoms with Gasteiger partial charge in [0.05, 0.1) is 0 Å². The van der Waals surface area contributed by atoms with E-state index in [2.05, 4.69) is 36.4 Å². The second-order valence-electron chi connectivity index (χ2n) is 8.63. The van der Waals surface area contributed by atoms with Crippen LogP contribution >= 0.6 is 11.6 Å². The lowest BCUT2D eigenvalue weighted by Crippen LogP contribution is -2.40. The third-order valence-electron chi connectivity index (χ3n) is 6.62. The fourth-order valence-electron chi connectivity index (χ4n) is 4.82. The molecule has 2 saturated carbocycles. The molecule has 1 aromatic heterocycles. The highest BCUT2D eigenvalue weighted by Gasteiger charge is 2.37.